The fourth-order valence-electron chi connectivity index (χ4n) is 5.35. The van der Waals surface area contributed by atoms with Crippen LogP contribution in [0.4, 0.5) is 10.6 Å². The number of nitrogens with zero attached hydrogens (tertiary/aromatic N) is 5. The van der Waals surface area contributed by atoms with Crippen LogP contribution in [0.3, 0.4) is 0 Å². The zero-order valence-electron chi connectivity index (χ0n) is 20.6. The van der Waals surface area contributed by atoms with E-state index in [9.17, 15) is 9.59 Å². The molecule has 10 heteroatoms. The Bertz CT molecular complexity index is 1110. The highest BCUT2D eigenvalue weighted by Crippen LogP contribution is 2.44. The Morgan fingerprint density at radius 3 is 2.31 bits per heavy atom. The molecule has 2 unspecified atom stereocenters. The molecular formula is C25H36N8O2. The Kier molecular flexibility index (Phi) is 6.39. The van der Waals surface area contributed by atoms with Gasteiger partial charge in [0, 0.05) is 70.1 Å². The minimum Gasteiger partial charge on any atom is -0.327 e. The average molecular weight is 481 g/mol. The molecular weight excluding hydrogens is 444 g/mol. The molecule has 2 aromatic rings. The number of aromatic nitrogens is 2. The highest BCUT2D eigenvalue weighted by Gasteiger charge is 2.53. The fourth-order valence-corrected chi connectivity index (χ4v) is 5.35. The molecule has 2 amide bonds. The zero-order chi connectivity index (χ0) is 24.7. The van der Waals surface area contributed by atoms with E-state index in [0.29, 0.717) is 31.0 Å². The summed E-state index contributed by atoms with van der Waals surface area (Å²) in [6.07, 6.45) is 1.65. The topological polar surface area (TPSA) is 126 Å². The lowest BCUT2D eigenvalue weighted by Gasteiger charge is -2.37. The predicted octanol–water partition coefficient (Wildman–Crippen LogP) is 0.508. The molecule has 0 spiro atoms. The Morgan fingerprint density at radius 1 is 1.06 bits per heavy atom. The molecule has 5 rings (SSSR count). The van der Waals surface area contributed by atoms with Crippen molar-refractivity contribution in [3.8, 4) is 5.69 Å². The number of urea groups is 1. The third-order valence-electron chi connectivity index (χ3n) is 7.29. The molecule has 188 valence electrons. The molecule has 2 saturated heterocycles. The first-order valence-corrected chi connectivity index (χ1v) is 12.4. The average Bonchev–Trinajstić information content (AvgIpc) is 3.19. The number of anilines is 1. The van der Waals surface area contributed by atoms with Crippen LogP contribution < -0.4 is 22.5 Å². The Balaban J connectivity index is 1.15. The van der Waals surface area contributed by atoms with Gasteiger partial charge in [0.15, 0.2) is 0 Å². The van der Waals surface area contributed by atoms with Crippen molar-refractivity contribution in [2.24, 2.45) is 23.3 Å². The van der Waals surface area contributed by atoms with Crippen LogP contribution in [0.5, 0.6) is 0 Å². The van der Waals surface area contributed by atoms with E-state index in [4.69, 9.17) is 11.5 Å². The van der Waals surface area contributed by atoms with Crippen molar-refractivity contribution in [2.45, 2.75) is 32.0 Å². The summed E-state index contributed by atoms with van der Waals surface area (Å²) in [6, 6.07) is 9.77. The Labute approximate surface area is 205 Å². The lowest BCUT2D eigenvalue weighted by molar-refractivity contribution is 0.132. The quantitative estimate of drug-likeness (QED) is 0.550. The first-order valence-electron chi connectivity index (χ1n) is 12.4. The molecule has 2 aliphatic heterocycles. The zero-order valence-corrected chi connectivity index (χ0v) is 20.6. The maximum atomic E-state index is 12.7. The second-order valence-electron chi connectivity index (χ2n) is 10.9. The van der Waals surface area contributed by atoms with E-state index in [0.717, 1.165) is 45.0 Å². The van der Waals surface area contributed by atoms with Crippen LogP contribution in [0.25, 0.3) is 5.69 Å². The van der Waals surface area contributed by atoms with Gasteiger partial charge in [0.25, 0.3) is 0 Å². The smallest absolute Gasteiger partial charge is 0.327 e. The van der Waals surface area contributed by atoms with Crippen molar-refractivity contribution in [3.63, 3.8) is 0 Å². The lowest BCUT2D eigenvalue weighted by Crippen LogP contribution is -2.54. The van der Waals surface area contributed by atoms with Gasteiger partial charge < -0.3 is 16.4 Å². The first kappa shape index (κ1) is 23.9. The molecule has 3 aliphatic rings. The molecule has 1 saturated carbocycles. The molecule has 3 heterocycles. The molecule has 1 aromatic heterocycles. The van der Waals surface area contributed by atoms with Gasteiger partial charge in [0.2, 0.25) is 0 Å². The molecule has 10 nitrogen and oxygen atoms in total. The Hall–Kier alpha value is -2.79. The van der Waals surface area contributed by atoms with E-state index < -0.39 is 5.69 Å². The molecule has 5 N–H and O–H groups in total. The number of nitrogens with two attached hydrogens (primary N) is 2. The number of benzene rings is 1. The van der Waals surface area contributed by atoms with Crippen LogP contribution in [0, 0.1) is 11.8 Å². The number of amides is 2. The van der Waals surface area contributed by atoms with E-state index in [2.05, 4.69) is 20.1 Å². The number of nitrogens with one attached hydrogen (secondary N) is 1. The van der Waals surface area contributed by atoms with Gasteiger partial charge in [-0.15, -0.1) is 0 Å². The van der Waals surface area contributed by atoms with Crippen LogP contribution >= 0.6 is 0 Å². The van der Waals surface area contributed by atoms with Gasteiger partial charge in [-0.3, -0.25) is 19.7 Å². The minimum absolute atomic E-state index is 0.244. The number of hydrogen-bond acceptors (Lipinski definition) is 7. The van der Waals surface area contributed by atoms with E-state index in [1.54, 1.807) is 17.2 Å². The number of carbonyl (C=O) groups excluding carboxylic acids is 1. The van der Waals surface area contributed by atoms with Gasteiger partial charge in [-0.1, -0.05) is 12.1 Å². The first-order chi connectivity index (χ1) is 16.7. The van der Waals surface area contributed by atoms with Crippen molar-refractivity contribution in [1.29, 1.82) is 0 Å². The van der Waals surface area contributed by atoms with Crippen molar-refractivity contribution in [1.82, 2.24) is 24.3 Å². The van der Waals surface area contributed by atoms with Gasteiger partial charge in [-0.05, 0) is 49.4 Å². The van der Waals surface area contributed by atoms with Crippen molar-refractivity contribution in [3.05, 3.63) is 52.6 Å². The van der Waals surface area contributed by atoms with Crippen molar-refractivity contribution in [2.75, 3.05) is 51.1 Å². The van der Waals surface area contributed by atoms with Crippen LogP contribution in [0.15, 0.2) is 41.3 Å². The molecule has 2 atom stereocenters. The second kappa shape index (κ2) is 9.34. The van der Waals surface area contributed by atoms with Gasteiger partial charge >= 0.3 is 11.7 Å². The monoisotopic (exact) mass is 480 g/mol. The van der Waals surface area contributed by atoms with Crippen LogP contribution in [-0.4, -0.2) is 87.7 Å². The summed E-state index contributed by atoms with van der Waals surface area (Å²) in [7, 11) is 0. The number of hydrogen-bond donors (Lipinski definition) is 3. The largest absolute Gasteiger partial charge is 0.354 e. The number of likely N-dealkylation sites (tertiary alicyclic amines) is 1. The van der Waals surface area contributed by atoms with Gasteiger partial charge in [-0.25, -0.2) is 9.59 Å². The summed E-state index contributed by atoms with van der Waals surface area (Å²) in [5.74, 6) is 1.60. The number of carbonyl (C=O) groups is 1. The Morgan fingerprint density at radius 2 is 1.71 bits per heavy atom. The predicted molar refractivity (Wildman–Crippen MR) is 135 cm³/mol. The molecule has 0 bridgehead atoms. The summed E-state index contributed by atoms with van der Waals surface area (Å²) < 4.78 is 1.48. The van der Waals surface area contributed by atoms with E-state index in [1.165, 1.54) is 10.1 Å². The summed E-state index contributed by atoms with van der Waals surface area (Å²) in [5, 5.41) is 2.76. The molecule has 0 radical (unpaired) electrons. The second-order valence-corrected chi connectivity index (χ2v) is 10.9. The molecule has 35 heavy (non-hydrogen) atoms. The molecule has 1 aliphatic carbocycles. The van der Waals surface area contributed by atoms with E-state index in [-0.39, 0.29) is 17.4 Å². The van der Waals surface area contributed by atoms with Gasteiger partial charge in [-0.2, -0.15) is 4.98 Å². The van der Waals surface area contributed by atoms with E-state index in [1.807, 2.05) is 38.1 Å². The SMILES string of the molecule is CC(C)(N)CN1CCN(C(=O)Nc2ccn(-c3ccc(CN4CC5C(N)C5C4)cc3)c(=O)n2)CC1. The van der Waals surface area contributed by atoms with Crippen molar-refractivity contribution < 1.29 is 4.79 Å². The van der Waals surface area contributed by atoms with Crippen LogP contribution in [0.1, 0.15) is 19.4 Å². The van der Waals surface area contributed by atoms with Gasteiger partial charge in [0.05, 0.1) is 5.69 Å². The maximum Gasteiger partial charge on any atom is 0.354 e. The summed E-state index contributed by atoms with van der Waals surface area (Å²) in [6.45, 7) is 10.6. The minimum atomic E-state index is -0.431. The summed E-state index contributed by atoms with van der Waals surface area (Å²) in [5.41, 5.74) is 13.4. The third-order valence-corrected chi connectivity index (χ3v) is 7.29. The van der Waals surface area contributed by atoms with Gasteiger partial charge in [0.1, 0.15) is 5.82 Å². The summed E-state index contributed by atoms with van der Waals surface area (Å²) in [4.78, 5) is 35.8. The van der Waals surface area contributed by atoms with E-state index >= 15 is 0 Å². The highest BCUT2D eigenvalue weighted by atomic mass is 16.2. The maximum absolute atomic E-state index is 12.7. The van der Waals surface area contributed by atoms with Crippen molar-refractivity contribution >= 4 is 11.8 Å². The van der Waals surface area contributed by atoms with Crippen LogP contribution in [-0.2, 0) is 6.54 Å². The lowest BCUT2D eigenvalue weighted by atomic mass is 10.1. The fraction of sp³-hybridized carbons (Fsp3) is 0.560. The number of piperazine rings is 1. The van der Waals surface area contributed by atoms with Crippen LogP contribution in [0.2, 0.25) is 0 Å². The highest BCUT2D eigenvalue weighted by molar-refractivity contribution is 5.88. The standard InChI is InChI=1S/C25H36N8O2/c1-25(2,27)16-30-9-11-32(12-10-30)23(34)28-21-7-8-33(24(35)29-21)18-5-3-17(4-6-18)13-31-14-19-20(15-31)22(19)26/h3-8,19-20,22H,9-16,26-27H2,1-2H3,(H,28,29,34,35). The normalized spacial score (nSPS) is 24.9. The third kappa shape index (κ3) is 5.56. The molecule has 1 aromatic carbocycles. The number of fused-ring (bicyclic) bond motifs is 1. The number of piperidine rings is 1. The summed E-state index contributed by atoms with van der Waals surface area (Å²) >= 11 is 0. The number of rotatable bonds is 6. The molecule has 3 fully saturated rings.